The number of carbonyl (C=O) groups excluding carboxylic acids is 2. The number of hydrazone groups is 1. The van der Waals surface area contributed by atoms with Gasteiger partial charge in [-0.1, -0.05) is 12.1 Å². The van der Waals surface area contributed by atoms with Crippen LogP contribution < -0.4 is 27.5 Å². The fraction of sp³-hybridized carbons (Fsp3) is 0.320. The summed E-state index contributed by atoms with van der Waals surface area (Å²) in [5.41, 5.74) is 10.6. The van der Waals surface area contributed by atoms with Gasteiger partial charge in [0, 0.05) is 38.0 Å². The molecule has 0 spiro atoms. The minimum absolute atomic E-state index is 0.0545. The number of hydrazine groups is 1. The second kappa shape index (κ2) is 13.0. The van der Waals surface area contributed by atoms with E-state index in [9.17, 15) is 9.59 Å². The van der Waals surface area contributed by atoms with Gasteiger partial charge in [-0.05, 0) is 62.4 Å². The van der Waals surface area contributed by atoms with E-state index in [1.54, 1.807) is 19.3 Å². The largest absolute Gasteiger partial charge is 0.387 e. The van der Waals surface area contributed by atoms with Crippen LogP contribution in [-0.4, -0.2) is 48.1 Å². The van der Waals surface area contributed by atoms with E-state index in [1.165, 1.54) is 6.08 Å². The van der Waals surface area contributed by atoms with Crippen molar-refractivity contribution < 1.29 is 9.59 Å². The summed E-state index contributed by atoms with van der Waals surface area (Å²) in [4.78, 5) is 26.8. The third kappa shape index (κ3) is 7.91. The lowest BCUT2D eigenvalue weighted by atomic mass is 10.0. The molecule has 0 aliphatic heterocycles. The summed E-state index contributed by atoms with van der Waals surface area (Å²) in [7, 11) is 3.46. The maximum atomic E-state index is 11.5. The summed E-state index contributed by atoms with van der Waals surface area (Å²) >= 11 is 0. The summed E-state index contributed by atoms with van der Waals surface area (Å²) in [5.74, 6) is 6.63. The van der Waals surface area contributed by atoms with Crippen molar-refractivity contribution in [1.29, 1.82) is 5.41 Å². The summed E-state index contributed by atoms with van der Waals surface area (Å²) in [6, 6.07) is 7.60. The number of hydrogen-bond donors (Lipinski definition) is 6. The number of rotatable bonds is 8. The van der Waals surface area contributed by atoms with Crippen molar-refractivity contribution in [3.63, 3.8) is 0 Å². The number of amides is 1. The van der Waals surface area contributed by atoms with Crippen LogP contribution in [0.3, 0.4) is 0 Å². The van der Waals surface area contributed by atoms with Gasteiger partial charge in [-0.2, -0.15) is 5.12 Å². The van der Waals surface area contributed by atoms with Crippen molar-refractivity contribution in [3.8, 4) is 0 Å². The number of hydrogen-bond acceptors (Lipinski definition) is 8. The molecule has 3 rings (SSSR count). The zero-order valence-corrected chi connectivity index (χ0v) is 21.3. The number of pyridine rings is 1. The average Bonchev–Trinajstić information content (AvgIpc) is 3.70. The molecule has 0 saturated heterocycles. The number of nitrogens with one attached hydrogen (secondary N) is 4. The minimum Gasteiger partial charge on any atom is -0.387 e. The van der Waals surface area contributed by atoms with Crippen LogP contribution in [0.25, 0.3) is 0 Å². The molecule has 36 heavy (non-hydrogen) atoms. The summed E-state index contributed by atoms with van der Waals surface area (Å²) in [6.07, 6.45) is 5.45. The second-order valence-electron chi connectivity index (χ2n) is 8.37. The number of nitrogens with zero attached hydrogens (tertiary/aromatic N) is 3. The van der Waals surface area contributed by atoms with E-state index >= 15 is 0 Å². The molecule has 0 radical (unpaired) electrons. The average molecular weight is 494 g/mol. The number of anilines is 2. The van der Waals surface area contributed by atoms with Gasteiger partial charge in [0.25, 0.3) is 5.91 Å². The van der Waals surface area contributed by atoms with Gasteiger partial charge in [0.1, 0.15) is 11.7 Å². The number of aromatic nitrogens is 1. The number of benzene rings is 1. The lowest BCUT2D eigenvalue weighted by Gasteiger charge is -2.13. The van der Waals surface area contributed by atoms with Crippen molar-refractivity contribution in [2.75, 3.05) is 24.7 Å². The van der Waals surface area contributed by atoms with E-state index in [0.29, 0.717) is 23.5 Å². The molecular weight excluding hydrogens is 458 g/mol. The van der Waals surface area contributed by atoms with Gasteiger partial charge in [-0.15, -0.1) is 5.10 Å². The van der Waals surface area contributed by atoms with Crippen LogP contribution in [0.4, 0.5) is 11.5 Å². The predicted octanol–water partition coefficient (Wildman–Crippen LogP) is 2.42. The van der Waals surface area contributed by atoms with Crippen LogP contribution in [0.5, 0.6) is 0 Å². The fourth-order valence-electron chi connectivity index (χ4n) is 3.32. The van der Waals surface area contributed by atoms with Crippen LogP contribution in [0.15, 0.2) is 47.3 Å². The predicted molar refractivity (Wildman–Crippen MR) is 144 cm³/mol. The molecule has 0 unspecified atom stereocenters. The van der Waals surface area contributed by atoms with Gasteiger partial charge in [0.15, 0.2) is 12.1 Å². The zero-order valence-electron chi connectivity index (χ0n) is 21.3. The third-order valence-corrected chi connectivity index (χ3v) is 5.36. The maximum absolute atomic E-state index is 11.5. The molecule has 11 heteroatoms. The van der Waals surface area contributed by atoms with Crippen LogP contribution in [0.2, 0.25) is 0 Å². The first-order valence-corrected chi connectivity index (χ1v) is 11.4. The first-order chi connectivity index (χ1) is 17.1. The highest BCUT2D eigenvalue weighted by Crippen LogP contribution is 2.28. The van der Waals surface area contributed by atoms with Gasteiger partial charge < -0.3 is 21.7 Å². The number of aldehydes is 1. The zero-order chi connectivity index (χ0) is 26.8. The minimum atomic E-state index is -0.160. The Balaban J connectivity index is 0.000000281. The van der Waals surface area contributed by atoms with Crippen molar-refractivity contribution in [2.24, 2.45) is 22.6 Å². The number of carbonyl (C=O) groups is 2. The Bertz CT molecular complexity index is 1170. The topological polar surface area (TPSA) is 175 Å². The van der Waals surface area contributed by atoms with Crippen LogP contribution in [0.1, 0.15) is 39.9 Å². The van der Waals surface area contributed by atoms with Gasteiger partial charge in [-0.3, -0.25) is 15.0 Å². The Kier molecular flexibility index (Phi) is 10.1. The molecule has 1 saturated carbocycles. The highest BCUT2D eigenvalue weighted by Gasteiger charge is 2.26. The normalized spacial score (nSPS) is 13.2. The van der Waals surface area contributed by atoms with E-state index < -0.39 is 0 Å². The lowest BCUT2D eigenvalue weighted by Crippen LogP contribution is -2.34. The van der Waals surface area contributed by atoms with Crippen LogP contribution >= 0.6 is 0 Å². The van der Waals surface area contributed by atoms with Crippen LogP contribution in [0, 0.1) is 32.1 Å². The number of aryl methyl sites for hydroxylation is 3. The van der Waals surface area contributed by atoms with Crippen LogP contribution in [-0.2, 0) is 4.79 Å². The van der Waals surface area contributed by atoms with E-state index in [2.05, 4.69) is 32.1 Å². The molecule has 1 heterocycles. The first-order valence-electron chi connectivity index (χ1n) is 11.4. The Hall–Kier alpha value is -4.25. The molecular formula is C25H35N9O2. The molecule has 1 fully saturated rings. The number of amidine groups is 2. The summed E-state index contributed by atoms with van der Waals surface area (Å²) in [6.45, 7) is 5.84. The maximum Gasteiger partial charge on any atom is 0.253 e. The Morgan fingerprint density at radius 2 is 1.92 bits per heavy atom. The molecule has 1 aliphatic rings. The molecule has 8 N–H and O–H groups in total. The Morgan fingerprint density at radius 1 is 1.22 bits per heavy atom. The molecule has 1 aromatic heterocycles. The van der Waals surface area contributed by atoms with Gasteiger partial charge in [-0.25, -0.2) is 10.8 Å². The van der Waals surface area contributed by atoms with E-state index in [0.717, 1.165) is 40.3 Å². The standard InChI is InChI=1S/C14H19N7O.C11H16N2O/c1-9-3-2-6-18-14(9)19-11(8-22)7-12(15)21(17)20-13(16)10-4-5-10;1-7-5-8(2)10(12-3)9(6-7)11(14)13-4/h2-3,6-8,10,15H,4-5,17H2,1H3,(H2,16,20)(H,18,19);5-6,12H,1-4H3,(H,13,14)/b11-7-,15-12?;. The van der Waals surface area contributed by atoms with E-state index in [-0.39, 0.29) is 23.4 Å². The third-order valence-electron chi connectivity index (χ3n) is 5.36. The quantitative estimate of drug-likeness (QED) is 0.0811. The van der Waals surface area contributed by atoms with Crippen molar-refractivity contribution >= 4 is 35.4 Å². The second-order valence-corrected chi connectivity index (χ2v) is 8.37. The highest BCUT2D eigenvalue weighted by atomic mass is 16.1. The summed E-state index contributed by atoms with van der Waals surface area (Å²) in [5, 5.41) is 21.2. The molecule has 2 aromatic rings. The van der Waals surface area contributed by atoms with Crippen molar-refractivity contribution in [2.45, 2.75) is 33.6 Å². The first kappa shape index (κ1) is 28.0. The fourth-order valence-corrected chi connectivity index (χ4v) is 3.32. The Morgan fingerprint density at radius 3 is 2.47 bits per heavy atom. The molecule has 11 nitrogen and oxygen atoms in total. The summed E-state index contributed by atoms with van der Waals surface area (Å²) < 4.78 is 0. The number of nitrogens with two attached hydrogens (primary N) is 2. The molecule has 1 aliphatic carbocycles. The van der Waals surface area contributed by atoms with Gasteiger partial charge >= 0.3 is 0 Å². The highest BCUT2D eigenvalue weighted by molar-refractivity contribution is 6.00. The monoisotopic (exact) mass is 493 g/mol. The molecule has 1 aromatic carbocycles. The van der Waals surface area contributed by atoms with Crippen molar-refractivity contribution in [1.82, 2.24) is 15.4 Å². The smallest absolute Gasteiger partial charge is 0.253 e. The van der Waals surface area contributed by atoms with Crippen molar-refractivity contribution in [3.05, 3.63) is 64.5 Å². The van der Waals surface area contributed by atoms with Gasteiger partial charge in [0.05, 0.1) is 11.3 Å². The molecule has 192 valence electrons. The van der Waals surface area contributed by atoms with E-state index in [4.69, 9.17) is 17.0 Å². The van der Waals surface area contributed by atoms with E-state index in [1.807, 2.05) is 40.0 Å². The van der Waals surface area contributed by atoms with Gasteiger partial charge in [0.2, 0.25) is 0 Å². The Labute approximate surface area is 211 Å². The SMILES string of the molecule is CNC(=O)c1cc(C)cc(C)c1NC.Cc1cccnc1N/C(C=O)=C\C(=N)N(N)/N=C(\N)C1CC1. The lowest BCUT2D eigenvalue weighted by molar-refractivity contribution is -0.104. The molecule has 0 bridgehead atoms. The molecule has 1 amide bonds. The molecule has 0 atom stereocenters. The number of allylic oxidation sites excluding steroid dienone is 1.